The van der Waals surface area contributed by atoms with Gasteiger partial charge < -0.3 is 14.9 Å². The van der Waals surface area contributed by atoms with E-state index in [1.165, 1.54) is 6.08 Å². The molecular weight excluding hydrogens is 212 g/mol. The summed E-state index contributed by atoms with van der Waals surface area (Å²) < 4.78 is 4.92. The minimum atomic E-state index is -1.12. The Morgan fingerprint density at radius 1 is 1.50 bits per heavy atom. The molecule has 1 rings (SSSR count). The zero-order valence-electron chi connectivity index (χ0n) is 8.81. The molecule has 0 aromatic carbocycles. The van der Waals surface area contributed by atoms with Crippen molar-refractivity contribution < 1.29 is 24.5 Å². The molecule has 16 heavy (non-hydrogen) atoms. The van der Waals surface area contributed by atoms with Gasteiger partial charge in [-0.3, -0.25) is 4.79 Å². The van der Waals surface area contributed by atoms with Crippen LogP contribution in [-0.2, 0) is 14.3 Å². The summed E-state index contributed by atoms with van der Waals surface area (Å²) in [6.45, 7) is -0.252. The molecule has 0 bridgehead atoms. The first-order valence-electron chi connectivity index (χ1n) is 5.06. The Labute approximate surface area is 93.0 Å². The summed E-state index contributed by atoms with van der Waals surface area (Å²) in [4.78, 5) is 21.9. The number of aliphatic hydroxyl groups excluding tert-OH is 1. The molecule has 1 aliphatic carbocycles. The second-order valence-electron chi connectivity index (χ2n) is 3.40. The molecule has 5 nitrogen and oxygen atoms in total. The van der Waals surface area contributed by atoms with Crippen LogP contribution in [0.3, 0.4) is 0 Å². The van der Waals surface area contributed by atoms with Crippen LogP contribution in [-0.4, -0.2) is 28.8 Å². The summed E-state index contributed by atoms with van der Waals surface area (Å²) >= 11 is 0. The van der Waals surface area contributed by atoms with Crippen molar-refractivity contribution in [3.63, 3.8) is 0 Å². The Balaban J connectivity index is 2.42. The highest BCUT2D eigenvalue weighted by Gasteiger charge is 2.12. The zero-order chi connectivity index (χ0) is 12.0. The van der Waals surface area contributed by atoms with Crippen molar-refractivity contribution in [1.82, 2.24) is 0 Å². The lowest BCUT2D eigenvalue weighted by Gasteiger charge is -2.13. The molecular formula is C11H14O5. The van der Waals surface area contributed by atoms with Gasteiger partial charge in [-0.05, 0) is 12.5 Å². The third kappa shape index (κ3) is 3.86. The van der Waals surface area contributed by atoms with Gasteiger partial charge >= 0.3 is 11.9 Å². The number of esters is 1. The number of carbonyl (C=O) groups is 2. The number of hydrogen-bond donors (Lipinski definition) is 2. The van der Waals surface area contributed by atoms with Crippen LogP contribution >= 0.6 is 0 Å². The number of aliphatic carboxylic acids is 1. The summed E-state index contributed by atoms with van der Waals surface area (Å²) in [5.74, 6) is -0.940. The first kappa shape index (κ1) is 12.4. The summed E-state index contributed by atoms with van der Waals surface area (Å²) in [5.41, 5.74) is 0.0297. The van der Waals surface area contributed by atoms with E-state index in [0.717, 1.165) is 12.8 Å². The summed E-state index contributed by atoms with van der Waals surface area (Å²) in [7, 11) is 0. The SMILES string of the molecule is O=C(CC=C(CCO)C(=O)O)OC1=CCC1. The Hall–Kier alpha value is -1.62. The minimum absolute atomic E-state index is 0.0297. The van der Waals surface area contributed by atoms with Gasteiger partial charge in [-0.25, -0.2) is 4.79 Å². The van der Waals surface area contributed by atoms with Crippen LogP contribution in [0.25, 0.3) is 0 Å². The maximum atomic E-state index is 11.2. The van der Waals surface area contributed by atoms with E-state index in [2.05, 4.69) is 0 Å². The van der Waals surface area contributed by atoms with Crippen molar-refractivity contribution in [2.24, 2.45) is 0 Å². The van der Waals surface area contributed by atoms with Gasteiger partial charge in [-0.2, -0.15) is 0 Å². The lowest BCUT2D eigenvalue weighted by atomic mass is 10.1. The van der Waals surface area contributed by atoms with Crippen molar-refractivity contribution in [3.8, 4) is 0 Å². The molecule has 0 fully saturated rings. The van der Waals surface area contributed by atoms with Gasteiger partial charge in [0.2, 0.25) is 0 Å². The topological polar surface area (TPSA) is 83.8 Å². The quantitative estimate of drug-likeness (QED) is 0.521. The van der Waals surface area contributed by atoms with Crippen molar-refractivity contribution in [1.29, 1.82) is 0 Å². The maximum Gasteiger partial charge on any atom is 0.331 e. The van der Waals surface area contributed by atoms with E-state index < -0.39 is 11.9 Å². The maximum absolute atomic E-state index is 11.2. The largest absolute Gasteiger partial charge is 0.478 e. The van der Waals surface area contributed by atoms with E-state index in [0.29, 0.717) is 5.76 Å². The fourth-order valence-corrected chi connectivity index (χ4v) is 1.17. The van der Waals surface area contributed by atoms with E-state index in [-0.39, 0.29) is 25.0 Å². The normalized spacial score (nSPS) is 15.1. The molecule has 0 unspecified atom stereocenters. The van der Waals surface area contributed by atoms with Gasteiger partial charge in [0.15, 0.2) is 0 Å². The molecule has 2 N–H and O–H groups in total. The number of carboxylic acids is 1. The first-order chi connectivity index (χ1) is 7.63. The molecule has 0 radical (unpaired) electrons. The predicted molar refractivity (Wildman–Crippen MR) is 55.4 cm³/mol. The van der Waals surface area contributed by atoms with Gasteiger partial charge in [0.05, 0.1) is 6.42 Å². The molecule has 88 valence electrons. The van der Waals surface area contributed by atoms with Crippen LogP contribution in [0, 0.1) is 0 Å². The lowest BCUT2D eigenvalue weighted by Crippen LogP contribution is -2.09. The van der Waals surface area contributed by atoms with Gasteiger partial charge in [0, 0.05) is 25.0 Å². The van der Waals surface area contributed by atoms with Gasteiger partial charge in [-0.1, -0.05) is 6.08 Å². The van der Waals surface area contributed by atoms with Crippen molar-refractivity contribution in [2.75, 3.05) is 6.61 Å². The van der Waals surface area contributed by atoms with Crippen molar-refractivity contribution in [3.05, 3.63) is 23.5 Å². The average molecular weight is 226 g/mol. The standard InChI is InChI=1S/C11H14O5/c12-7-6-8(11(14)15)4-5-10(13)16-9-2-1-3-9/h2,4,12H,1,3,5-7H2,(H,14,15). The number of allylic oxidation sites excluding steroid dienone is 2. The summed E-state index contributed by atoms with van der Waals surface area (Å²) in [5, 5.41) is 17.3. The summed E-state index contributed by atoms with van der Waals surface area (Å²) in [6, 6.07) is 0. The number of ether oxygens (including phenoxy) is 1. The smallest absolute Gasteiger partial charge is 0.331 e. The molecule has 0 heterocycles. The molecule has 1 aliphatic rings. The zero-order valence-corrected chi connectivity index (χ0v) is 8.81. The van der Waals surface area contributed by atoms with Crippen molar-refractivity contribution in [2.45, 2.75) is 25.7 Å². The first-order valence-corrected chi connectivity index (χ1v) is 5.06. The number of hydrogen-bond acceptors (Lipinski definition) is 4. The molecule has 0 amide bonds. The van der Waals surface area contributed by atoms with Crippen LogP contribution in [0.5, 0.6) is 0 Å². The second kappa shape index (κ2) is 6.07. The highest BCUT2D eigenvalue weighted by molar-refractivity contribution is 5.87. The van der Waals surface area contributed by atoms with Gasteiger partial charge in [-0.15, -0.1) is 0 Å². The Morgan fingerprint density at radius 2 is 2.19 bits per heavy atom. The number of aliphatic hydroxyl groups is 1. The summed E-state index contributed by atoms with van der Waals surface area (Å²) in [6.07, 6.45) is 4.72. The fraction of sp³-hybridized carbons (Fsp3) is 0.455. The minimum Gasteiger partial charge on any atom is -0.478 e. The van der Waals surface area contributed by atoms with Crippen LogP contribution < -0.4 is 0 Å². The predicted octanol–water partition coefficient (Wildman–Crippen LogP) is 0.991. The highest BCUT2D eigenvalue weighted by Crippen LogP contribution is 2.19. The molecule has 0 saturated heterocycles. The molecule has 0 aliphatic heterocycles. The van der Waals surface area contributed by atoms with E-state index >= 15 is 0 Å². The number of rotatable bonds is 6. The van der Waals surface area contributed by atoms with E-state index in [1.807, 2.05) is 6.08 Å². The molecule has 0 aromatic rings. The molecule has 5 heteroatoms. The van der Waals surface area contributed by atoms with Crippen LogP contribution in [0.2, 0.25) is 0 Å². The van der Waals surface area contributed by atoms with Crippen LogP contribution in [0.1, 0.15) is 25.7 Å². The fourth-order valence-electron chi connectivity index (χ4n) is 1.17. The molecule has 0 saturated carbocycles. The monoisotopic (exact) mass is 226 g/mol. The average Bonchev–Trinajstić information content (AvgIpc) is 2.17. The Morgan fingerprint density at radius 3 is 2.62 bits per heavy atom. The molecule has 0 spiro atoms. The number of carboxylic acid groups (broad SMARTS) is 1. The molecule has 0 aromatic heterocycles. The Bertz CT molecular complexity index is 340. The Kier molecular flexibility index (Phi) is 4.72. The van der Waals surface area contributed by atoms with E-state index in [4.69, 9.17) is 14.9 Å². The molecule has 0 atom stereocenters. The third-order valence-corrected chi connectivity index (χ3v) is 2.18. The van der Waals surface area contributed by atoms with Crippen LogP contribution in [0.15, 0.2) is 23.5 Å². The van der Waals surface area contributed by atoms with Gasteiger partial charge in [0.1, 0.15) is 5.76 Å². The van der Waals surface area contributed by atoms with Crippen molar-refractivity contribution >= 4 is 11.9 Å². The van der Waals surface area contributed by atoms with E-state index in [9.17, 15) is 9.59 Å². The highest BCUT2D eigenvalue weighted by atomic mass is 16.5. The van der Waals surface area contributed by atoms with Gasteiger partial charge in [0.25, 0.3) is 0 Å². The number of carbonyl (C=O) groups excluding carboxylic acids is 1. The van der Waals surface area contributed by atoms with E-state index in [1.54, 1.807) is 0 Å². The second-order valence-corrected chi connectivity index (χ2v) is 3.40. The third-order valence-electron chi connectivity index (χ3n) is 2.18. The van der Waals surface area contributed by atoms with Crippen LogP contribution in [0.4, 0.5) is 0 Å². The lowest BCUT2D eigenvalue weighted by molar-refractivity contribution is -0.139.